The van der Waals surface area contributed by atoms with Gasteiger partial charge >= 0.3 is 0 Å². The molecule has 0 unspecified atom stereocenters. The molecular weight excluding hydrogens is 220 g/mol. The van der Waals surface area contributed by atoms with Crippen LogP contribution in [0.2, 0.25) is 0 Å². The van der Waals surface area contributed by atoms with Gasteiger partial charge in [-0.3, -0.25) is 4.68 Å². The predicted molar refractivity (Wildman–Crippen MR) is 75.9 cm³/mol. The lowest BCUT2D eigenvalue weighted by Gasteiger charge is -2.16. The number of aryl methyl sites for hydroxylation is 1. The van der Waals surface area contributed by atoms with E-state index in [2.05, 4.69) is 70.2 Å². The van der Waals surface area contributed by atoms with Crippen LogP contribution in [0.4, 0.5) is 0 Å². The third kappa shape index (κ3) is 2.63. The standard InChI is InChI=1S/C16H22N2/c1-12-6-8-14(9-7-12)13(2)18-11-15(10-17-18)16(3,4)5/h6-11,13H,1-5H3/t13-/m1/s1. The quantitative estimate of drug-likeness (QED) is 0.775. The molecule has 1 aromatic heterocycles. The third-order valence-electron chi connectivity index (χ3n) is 3.42. The Bertz CT molecular complexity index is 515. The molecule has 0 bridgehead atoms. The lowest BCUT2D eigenvalue weighted by molar-refractivity contribution is 0.556. The van der Waals surface area contributed by atoms with Crippen LogP contribution in [-0.4, -0.2) is 9.78 Å². The van der Waals surface area contributed by atoms with Crippen molar-refractivity contribution in [2.24, 2.45) is 0 Å². The maximum Gasteiger partial charge on any atom is 0.0740 e. The summed E-state index contributed by atoms with van der Waals surface area (Å²) in [6.07, 6.45) is 4.13. The SMILES string of the molecule is Cc1ccc([C@@H](C)n2cc(C(C)(C)C)cn2)cc1. The van der Waals surface area contributed by atoms with Crippen LogP contribution in [-0.2, 0) is 5.41 Å². The van der Waals surface area contributed by atoms with Crippen molar-refractivity contribution in [3.05, 3.63) is 53.3 Å². The Morgan fingerprint density at radius 3 is 2.22 bits per heavy atom. The molecular formula is C16H22N2. The van der Waals surface area contributed by atoms with Crippen molar-refractivity contribution in [1.29, 1.82) is 0 Å². The number of nitrogens with zero attached hydrogens (tertiary/aromatic N) is 2. The van der Waals surface area contributed by atoms with E-state index in [1.807, 2.05) is 10.9 Å². The molecule has 0 aliphatic carbocycles. The van der Waals surface area contributed by atoms with Gasteiger partial charge in [0.15, 0.2) is 0 Å². The maximum atomic E-state index is 4.50. The molecule has 0 fully saturated rings. The largest absolute Gasteiger partial charge is 0.265 e. The van der Waals surface area contributed by atoms with Gasteiger partial charge in [0.25, 0.3) is 0 Å². The Hall–Kier alpha value is -1.57. The molecule has 96 valence electrons. The van der Waals surface area contributed by atoms with Gasteiger partial charge in [-0.2, -0.15) is 5.10 Å². The Morgan fingerprint density at radius 1 is 1.11 bits per heavy atom. The molecule has 0 saturated heterocycles. The van der Waals surface area contributed by atoms with Crippen LogP contribution in [0.15, 0.2) is 36.7 Å². The van der Waals surface area contributed by atoms with Crippen molar-refractivity contribution in [3.63, 3.8) is 0 Å². The van der Waals surface area contributed by atoms with Crippen molar-refractivity contribution in [2.45, 2.75) is 46.1 Å². The fourth-order valence-corrected chi connectivity index (χ4v) is 1.93. The van der Waals surface area contributed by atoms with E-state index in [0.717, 1.165) is 0 Å². The van der Waals surface area contributed by atoms with Crippen LogP contribution < -0.4 is 0 Å². The van der Waals surface area contributed by atoms with Crippen LogP contribution >= 0.6 is 0 Å². The summed E-state index contributed by atoms with van der Waals surface area (Å²) < 4.78 is 2.05. The van der Waals surface area contributed by atoms with Gasteiger partial charge < -0.3 is 0 Å². The number of benzene rings is 1. The molecule has 0 aliphatic rings. The summed E-state index contributed by atoms with van der Waals surface area (Å²) in [7, 11) is 0. The molecule has 18 heavy (non-hydrogen) atoms. The van der Waals surface area contributed by atoms with E-state index in [4.69, 9.17) is 0 Å². The maximum absolute atomic E-state index is 4.50. The molecule has 2 aromatic rings. The molecule has 0 aliphatic heterocycles. The smallest absolute Gasteiger partial charge is 0.0740 e. The summed E-state index contributed by atoms with van der Waals surface area (Å²) in [4.78, 5) is 0. The summed E-state index contributed by atoms with van der Waals surface area (Å²) >= 11 is 0. The minimum absolute atomic E-state index is 0.158. The van der Waals surface area contributed by atoms with Gasteiger partial charge in [0.05, 0.1) is 12.2 Å². The summed E-state index contributed by atoms with van der Waals surface area (Å²) in [5.41, 5.74) is 4.03. The topological polar surface area (TPSA) is 17.8 Å². The van der Waals surface area contributed by atoms with Crippen LogP contribution in [0.5, 0.6) is 0 Å². The number of aromatic nitrogens is 2. The van der Waals surface area contributed by atoms with Gasteiger partial charge in [-0.15, -0.1) is 0 Å². The van der Waals surface area contributed by atoms with E-state index >= 15 is 0 Å². The Labute approximate surface area is 110 Å². The van der Waals surface area contributed by atoms with E-state index in [1.165, 1.54) is 16.7 Å². The van der Waals surface area contributed by atoms with Crippen LogP contribution in [0.25, 0.3) is 0 Å². The van der Waals surface area contributed by atoms with Crippen LogP contribution in [0.3, 0.4) is 0 Å². The highest BCUT2D eigenvalue weighted by molar-refractivity contribution is 5.25. The summed E-state index contributed by atoms with van der Waals surface area (Å²) in [6.45, 7) is 10.9. The van der Waals surface area contributed by atoms with Gasteiger partial charge in [0.2, 0.25) is 0 Å². The van der Waals surface area contributed by atoms with Crippen molar-refractivity contribution in [2.75, 3.05) is 0 Å². The predicted octanol–water partition coefficient (Wildman–Crippen LogP) is 4.10. The van der Waals surface area contributed by atoms with Gasteiger partial charge in [0, 0.05) is 6.20 Å². The van der Waals surface area contributed by atoms with Crippen molar-refractivity contribution < 1.29 is 0 Å². The fourth-order valence-electron chi connectivity index (χ4n) is 1.93. The zero-order chi connectivity index (χ0) is 13.3. The van der Waals surface area contributed by atoms with E-state index in [0.29, 0.717) is 0 Å². The van der Waals surface area contributed by atoms with Crippen LogP contribution in [0, 0.1) is 6.92 Å². The Morgan fingerprint density at radius 2 is 1.72 bits per heavy atom. The average Bonchev–Trinajstić information content (AvgIpc) is 2.78. The molecule has 0 radical (unpaired) electrons. The average molecular weight is 242 g/mol. The second-order valence-corrected chi connectivity index (χ2v) is 6.05. The van der Waals surface area contributed by atoms with E-state index < -0.39 is 0 Å². The summed E-state index contributed by atoms with van der Waals surface area (Å²) in [5, 5.41) is 4.50. The number of hydrogen-bond acceptors (Lipinski definition) is 1. The first kappa shape index (κ1) is 12.9. The normalized spacial score (nSPS) is 13.6. The minimum Gasteiger partial charge on any atom is -0.265 e. The summed E-state index contributed by atoms with van der Waals surface area (Å²) in [5.74, 6) is 0. The van der Waals surface area contributed by atoms with Gasteiger partial charge in [-0.1, -0.05) is 50.6 Å². The number of hydrogen-bond donors (Lipinski definition) is 0. The Kier molecular flexibility index (Phi) is 3.29. The molecule has 2 rings (SSSR count). The highest BCUT2D eigenvalue weighted by Gasteiger charge is 2.17. The van der Waals surface area contributed by atoms with Gasteiger partial charge in [-0.05, 0) is 30.4 Å². The van der Waals surface area contributed by atoms with Crippen molar-refractivity contribution >= 4 is 0 Å². The molecule has 0 N–H and O–H groups in total. The third-order valence-corrected chi connectivity index (χ3v) is 3.42. The van der Waals surface area contributed by atoms with E-state index in [1.54, 1.807) is 0 Å². The van der Waals surface area contributed by atoms with Crippen molar-refractivity contribution in [1.82, 2.24) is 9.78 Å². The lowest BCUT2D eigenvalue weighted by atomic mass is 9.90. The zero-order valence-electron chi connectivity index (χ0n) is 11.9. The van der Waals surface area contributed by atoms with Gasteiger partial charge in [0.1, 0.15) is 0 Å². The molecule has 2 nitrogen and oxygen atoms in total. The van der Waals surface area contributed by atoms with Gasteiger partial charge in [-0.25, -0.2) is 0 Å². The summed E-state index contributed by atoms with van der Waals surface area (Å²) in [6, 6.07) is 8.94. The minimum atomic E-state index is 0.158. The lowest BCUT2D eigenvalue weighted by Crippen LogP contribution is -2.11. The second kappa shape index (κ2) is 4.60. The highest BCUT2D eigenvalue weighted by atomic mass is 15.3. The molecule has 1 heterocycles. The first-order valence-electron chi connectivity index (χ1n) is 6.49. The first-order chi connectivity index (χ1) is 8.38. The monoisotopic (exact) mass is 242 g/mol. The molecule has 0 saturated carbocycles. The highest BCUT2D eigenvalue weighted by Crippen LogP contribution is 2.24. The fraction of sp³-hybridized carbons (Fsp3) is 0.438. The van der Waals surface area contributed by atoms with E-state index in [9.17, 15) is 0 Å². The zero-order valence-corrected chi connectivity index (χ0v) is 11.9. The number of rotatable bonds is 2. The van der Waals surface area contributed by atoms with Crippen LogP contribution in [0.1, 0.15) is 50.4 Å². The Balaban J connectivity index is 2.26. The second-order valence-electron chi connectivity index (χ2n) is 6.05. The molecule has 0 amide bonds. The molecule has 1 atom stereocenters. The first-order valence-corrected chi connectivity index (χ1v) is 6.49. The molecule has 1 aromatic carbocycles. The van der Waals surface area contributed by atoms with Crippen molar-refractivity contribution in [3.8, 4) is 0 Å². The molecule has 2 heteroatoms. The molecule has 0 spiro atoms. The van der Waals surface area contributed by atoms with E-state index in [-0.39, 0.29) is 11.5 Å².